The molecule has 0 aliphatic carbocycles. The van der Waals surface area contributed by atoms with Crippen molar-refractivity contribution in [2.45, 2.75) is 26.4 Å². The molecule has 2 rings (SSSR count). The number of anilines is 1. The SMILES string of the molecule is CCNc1cc(C(=O)N2CCC(O)C(C)C2)c(Cl)cn1. The number of carbonyl (C=O) groups excluding carboxylic acids is 1. The number of aromatic nitrogens is 1. The molecule has 2 atom stereocenters. The lowest BCUT2D eigenvalue weighted by Crippen LogP contribution is -2.45. The van der Waals surface area contributed by atoms with Gasteiger partial charge in [0.2, 0.25) is 0 Å². The van der Waals surface area contributed by atoms with Gasteiger partial charge in [0, 0.05) is 25.8 Å². The van der Waals surface area contributed by atoms with Crippen molar-refractivity contribution in [1.29, 1.82) is 0 Å². The van der Waals surface area contributed by atoms with Crippen LogP contribution in [0.2, 0.25) is 5.02 Å². The van der Waals surface area contributed by atoms with Gasteiger partial charge in [-0.1, -0.05) is 18.5 Å². The van der Waals surface area contributed by atoms with Crippen molar-refractivity contribution in [3.63, 3.8) is 0 Å². The number of halogens is 1. The Labute approximate surface area is 123 Å². The second kappa shape index (κ2) is 6.41. The third kappa shape index (κ3) is 3.22. The fourth-order valence-corrected chi connectivity index (χ4v) is 2.55. The molecule has 0 aromatic carbocycles. The van der Waals surface area contributed by atoms with Crippen molar-refractivity contribution in [2.24, 2.45) is 5.92 Å². The van der Waals surface area contributed by atoms with Crippen LogP contribution in [0, 0.1) is 5.92 Å². The van der Waals surface area contributed by atoms with Crippen molar-refractivity contribution in [2.75, 3.05) is 25.0 Å². The van der Waals surface area contributed by atoms with Crippen LogP contribution in [0.1, 0.15) is 30.6 Å². The van der Waals surface area contributed by atoms with Crippen molar-refractivity contribution in [3.8, 4) is 0 Å². The molecule has 1 aromatic rings. The summed E-state index contributed by atoms with van der Waals surface area (Å²) >= 11 is 6.09. The van der Waals surface area contributed by atoms with Crippen molar-refractivity contribution in [3.05, 3.63) is 22.8 Å². The number of aliphatic hydroxyl groups excluding tert-OH is 1. The summed E-state index contributed by atoms with van der Waals surface area (Å²) in [5.41, 5.74) is 0.459. The molecule has 1 aromatic heterocycles. The van der Waals surface area contributed by atoms with Crippen LogP contribution in [0.3, 0.4) is 0 Å². The van der Waals surface area contributed by atoms with Gasteiger partial charge in [0.15, 0.2) is 0 Å². The van der Waals surface area contributed by atoms with Crippen LogP contribution < -0.4 is 5.32 Å². The first-order valence-electron chi connectivity index (χ1n) is 6.89. The fraction of sp³-hybridized carbons (Fsp3) is 0.571. The summed E-state index contributed by atoms with van der Waals surface area (Å²) in [6.45, 7) is 5.75. The number of hydrogen-bond donors (Lipinski definition) is 2. The zero-order chi connectivity index (χ0) is 14.7. The molecule has 2 N–H and O–H groups in total. The van der Waals surface area contributed by atoms with Crippen LogP contribution in [-0.4, -0.2) is 46.6 Å². The third-order valence-corrected chi connectivity index (χ3v) is 3.89. The van der Waals surface area contributed by atoms with Gasteiger partial charge in [-0.15, -0.1) is 0 Å². The molecule has 0 bridgehead atoms. The minimum absolute atomic E-state index is 0.0848. The Kier molecular flexibility index (Phi) is 4.83. The van der Waals surface area contributed by atoms with Gasteiger partial charge in [-0.25, -0.2) is 4.98 Å². The topological polar surface area (TPSA) is 65.5 Å². The first-order valence-corrected chi connectivity index (χ1v) is 7.27. The maximum Gasteiger partial charge on any atom is 0.255 e. The van der Waals surface area contributed by atoms with E-state index >= 15 is 0 Å². The average Bonchev–Trinajstić information content (AvgIpc) is 2.43. The van der Waals surface area contributed by atoms with E-state index in [2.05, 4.69) is 10.3 Å². The predicted molar refractivity (Wildman–Crippen MR) is 79.1 cm³/mol. The molecule has 1 amide bonds. The average molecular weight is 298 g/mol. The van der Waals surface area contributed by atoms with E-state index in [1.54, 1.807) is 11.0 Å². The van der Waals surface area contributed by atoms with Gasteiger partial charge >= 0.3 is 0 Å². The molecule has 1 saturated heterocycles. The molecule has 1 aliphatic rings. The number of aliphatic hydroxyl groups is 1. The van der Waals surface area contributed by atoms with Crippen molar-refractivity contribution < 1.29 is 9.90 Å². The second-order valence-electron chi connectivity index (χ2n) is 5.16. The van der Waals surface area contributed by atoms with E-state index in [0.717, 1.165) is 6.54 Å². The molecule has 5 nitrogen and oxygen atoms in total. The molecule has 110 valence electrons. The summed E-state index contributed by atoms with van der Waals surface area (Å²) in [7, 11) is 0. The van der Waals surface area contributed by atoms with Crippen LogP contribution >= 0.6 is 11.6 Å². The van der Waals surface area contributed by atoms with E-state index in [-0.39, 0.29) is 17.9 Å². The lowest BCUT2D eigenvalue weighted by atomic mass is 9.96. The highest BCUT2D eigenvalue weighted by Gasteiger charge is 2.28. The number of rotatable bonds is 3. The van der Waals surface area contributed by atoms with Crippen LogP contribution in [0.15, 0.2) is 12.3 Å². The van der Waals surface area contributed by atoms with Crippen LogP contribution in [-0.2, 0) is 0 Å². The second-order valence-corrected chi connectivity index (χ2v) is 5.57. The number of nitrogens with zero attached hydrogens (tertiary/aromatic N) is 2. The Hall–Kier alpha value is -1.33. The number of carbonyl (C=O) groups is 1. The standard InChI is InChI=1S/C14H20ClN3O2/c1-3-16-13-6-10(11(15)7-17-13)14(20)18-5-4-12(19)9(2)8-18/h6-7,9,12,19H,3-5,8H2,1-2H3,(H,16,17). The molecule has 2 heterocycles. The van der Waals surface area contributed by atoms with E-state index in [9.17, 15) is 9.90 Å². The van der Waals surface area contributed by atoms with E-state index in [1.807, 2.05) is 13.8 Å². The smallest absolute Gasteiger partial charge is 0.255 e. The maximum absolute atomic E-state index is 12.5. The van der Waals surface area contributed by atoms with Gasteiger partial charge in [0.05, 0.1) is 16.7 Å². The number of piperidine rings is 1. The van der Waals surface area contributed by atoms with Gasteiger partial charge < -0.3 is 15.3 Å². The highest BCUT2D eigenvalue weighted by atomic mass is 35.5. The third-order valence-electron chi connectivity index (χ3n) is 3.59. The van der Waals surface area contributed by atoms with Crippen molar-refractivity contribution >= 4 is 23.3 Å². The normalized spacial score (nSPS) is 22.7. The van der Waals surface area contributed by atoms with E-state index in [1.165, 1.54) is 6.20 Å². The Morgan fingerprint density at radius 2 is 2.40 bits per heavy atom. The lowest BCUT2D eigenvalue weighted by molar-refractivity contribution is 0.0297. The molecule has 0 radical (unpaired) electrons. The largest absolute Gasteiger partial charge is 0.393 e. The lowest BCUT2D eigenvalue weighted by Gasteiger charge is -2.34. The summed E-state index contributed by atoms with van der Waals surface area (Å²) < 4.78 is 0. The molecular weight excluding hydrogens is 278 g/mol. The summed E-state index contributed by atoms with van der Waals surface area (Å²) in [4.78, 5) is 18.4. The quantitative estimate of drug-likeness (QED) is 0.896. The van der Waals surface area contributed by atoms with Gasteiger partial charge in [0.25, 0.3) is 5.91 Å². The molecule has 6 heteroatoms. The highest BCUT2D eigenvalue weighted by molar-refractivity contribution is 6.33. The number of nitrogens with one attached hydrogen (secondary N) is 1. The van der Waals surface area contributed by atoms with E-state index in [4.69, 9.17) is 11.6 Å². The Bertz CT molecular complexity index is 495. The summed E-state index contributed by atoms with van der Waals surface area (Å²) in [6, 6.07) is 1.68. The minimum atomic E-state index is -0.329. The van der Waals surface area contributed by atoms with Gasteiger partial charge in [-0.3, -0.25) is 4.79 Å². The molecule has 1 fully saturated rings. The number of hydrogen-bond acceptors (Lipinski definition) is 4. The molecule has 20 heavy (non-hydrogen) atoms. The molecule has 2 unspecified atom stereocenters. The number of amides is 1. The Morgan fingerprint density at radius 3 is 3.05 bits per heavy atom. The Balaban J connectivity index is 2.18. The summed E-state index contributed by atoms with van der Waals surface area (Å²) in [5.74, 6) is 0.627. The van der Waals surface area contributed by atoms with Crippen LogP contribution in [0.4, 0.5) is 5.82 Å². The molecular formula is C14H20ClN3O2. The van der Waals surface area contributed by atoms with Crippen LogP contribution in [0.5, 0.6) is 0 Å². The van der Waals surface area contributed by atoms with E-state index < -0.39 is 0 Å². The van der Waals surface area contributed by atoms with Crippen molar-refractivity contribution in [1.82, 2.24) is 9.88 Å². The molecule has 1 aliphatic heterocycles. The van der Waals surface area contributed by atoms with Gasteiger partial charge in [-0.2, -0.15) is 0 Å². The Morgan fingerprint density at radius 1 is 1.65 bits per heavy atom. The number of likely N-dealkylation sites (tertiary alicyclic amines) is 1. The number of pyridine rings is 1. The van der Waals surface area contributed by atoms with E-state index in [0.29, 0.717) is 35.9 Å². The fourth-order valence-electron chi connectivity index (χ4n) is 2.37. The zero-order valence-electron chi connectivity index (χ0n) is 11.8. The minimum Gasteiger partial charge on any atom is -0.393 e. The summed E-state index contributed by atoms with van der Waals surface area (Å²) in [5, 5.41) is 13.2. The summed E-state index contributed by atoms with van der Waals surface area (Å²) in [6.07, 6.45) is 1.77. The zero-order valence-corrected chi connectivity index (χ0v) is 12.5. The maximum atomic E-state index is 12.5. The monoisotopic (exact) mass is 297 g/mol. The first kappa shape index (κ1) is 15.1. The van der Waals surface area contributed by atoms with Crippen LogP contribution in [0.25, 0.3) is 0 Å². The van der Waals surface area contributed by atoms with Gasteiger partial charge in [0.1, 0.15) is 5.82 Å². The van der Waals surface area contributed by atoms with Gasteiger partial charge in [-0.05, 0) is 25.3 Å². The predicted octanol–water partition coefficient (Wildman–Crippen LogP) is 2.01. The highest BCUT2D eigenvalue weighted by Crippen LogP contribution is 2.23. The molecule has 0 saturated carbocycles. The first-order chi connectivity index (χ1) is 9.52. The molecule has 0 spiro atoms.